The van der Waals surface area contributed by atoms with Gasteiger partial charge in [0, 0.05) is 11.2 Å². The molecule has 2 rings (SSSR count). The Balaban J connectivity index is 2.08. The fourth-order valence-electron chi connectivity index (χ4n) is 1.31. The fraction of sp³-hybridized carbons (Fsp3) is 0.0769. The van der Waals surface area contributed by atoms with Gasteiger partial charge in [0.05, 0.1) is 17.1 Å². The van der Waals surface area contributed by atoms with Crippen molar-refractivity contribution < 1.29 is 0 Å². The van der Waals surface area contributed by atoms with Crippen LogP contribution in [0, 0.1) is 0 Å². The van der Waals surface area contributed by atoms with Crippen LogP contribution in [-0.4, -0.2) is 10.7 Å². The Kier molecular flexibility index (Phi) is 3.73. The molecule has 4 heteroatoms. The summed E-state index contributed by atoms with van der Waals surface area (Å²) in [5.74, 6) is 0. The highest BCUT2D eigenvalue weighted by molar-refractivity contribution is 6.30. The van der Waals surface area contributed by atoms with Gasteiger partial charge in [-0.05, 0) is 43.3 Å². The van der Waals surface area contributed by atoms with Crippen LogP contribution in [0.4, 0.5) is 5.69 Å². The molecule has 0 spiro atoms. The largest absolute Gasteiger partial charge is 0.278 e. The third-order valence-corrected chi connectivity index (χ3v) is 2.48. The van der Waals surface area contributed by atoms with E-state index < -0.39 is 0 Å². The van der Waals surface area contributed by atoms with Crippen LogP contribution in [-0.2, 0) is 0 Å². The summed E-state index contributed by atoms with van der Waals surface area (Å²) in [7, 11) is 0. The summed E-state index contributed by atoms with van der Waals surface area (Å²) < 4.78 is 0. The minimum absolute atomic E-state index is 0.709. The molecule has 0 radical (unpaired) electrons. The number of pyridine rings is 1. The van der Waals surface area contributed by atoms with Gasteiger partial charge in [-0.25, -0.2) is 0 Å². The Hall–Kier alpha value is -1.87. The van der Waals surface area contributed by atoms with Crippen molar-refractivity contribution in [2.45, 2.75) is 6.92 Å². The van der Waals surface area contributed by atoms with Crippen LogP contribution in [0.2, 0.25) is 5.02 Å². The van der Waals surface area contributed by atoms with Crippen molar-refractivity contribution in [1.29, 1.82) is 0 Å². The minimum atomic E-state index is 0.709. The smallest absolute Gasteiger partial charge is 0.0859 e. The lowest BCUT2D eigenvalue weighted by molar-refractivity contribution is 1.25. The van der Waals surface area contributed by atoms with Crippen LogP contribution in [0.25, 0.3) is 0 Å². The second kappa shape index (κ2) is 5.46. The highest BCUT2D eigenvalue weighted by Crippen LogP contribution is 2.13. The topological polar surface area (TPSA) is 37.3 Å². The van der Waals surface area contributed by atoms with E-state index in [0.29, 0.717) is 5.02 Å². The first-order chi connectivity index (χ1) is 8.25. The molecule has 0 unspecified atom stereocenters. The molecule has 2 aromatic rings. The molecule has 0 saturated carbocycles. The zero-order valence-corrected chi connectivity index (χ0v) is 10.1. The van der Waals surface area contributed by atoms with E-state index in [1.165, 1.54) is 0 Å². The second-order valence-electron chi connectivity index (χ2n) is 3.53. The molecular weight excluding hydrogens is 234 g/mol. The third-order valence-electron chi connectivity index (χ3n) is 2.23. The summed E-state index contributed by atoms with van der Waals surface area (Å²) >= 11 is 5.80. The van der Waals surface area contributed by atoms with Crippen LogP contribution in [0.15, 0.2) is 53.8 Å². The fourth-order valence-corrected chi connectivity index (χ4v) is 1.43. The molecule has 0 aliphatic carbocycles. The highest BCUT2D eigenvalue weighted by Gasteiger charge is 1.97. The molecule has 86 valence electrons. The van der Waals surface area contributed by atoms with Gasteiger partial charge >= 0.3 is 0 Å². The first-order valence-corrected chi connectivity index (χ1v) is 5.61. The van der Waals surface area contributed by atoms with E-state index in [-0.39, 0.29) is 0 Å². The minimum Gasteiger partial charge on any atom is -0.278 e. The first kappa shape index (κ1) is 11.6. The van der Waals surface area contributed by atoms with Crippen molar-refractivity contribution in [3.63, 3.8) is 0 Å². The Morgan fingerprint density at radius 1 is 1.18 bits per heavy atom. The van der Waals surface area contributed by atoms with Gasteiger partial charge in [0.15, 0.2) is 0 Å². The summed E-state index contributed by atoms with van der Waals surface area (Å²) in [5, 5.41) is 4.96. The van der Waals surface area contributed by atoms with Gasteiger partial charge in [-0.15, -0.1) is 0 Å². The molecule has 0 bridgehead atoms. The van der Waals surface area contributed by atoms with Gasteiger partial charge < -0.3 is 0 Å². The van der Waals surface area contributed by atoms with Crippen molar-refractivity contribution in [1.82, 2.24) is 4.98 Å². The summed E-state index contributed by atoms with van der Waals surface area (Å²) in [4.78, 5) is 4.21. The Morgan fingerprint density at radius 3 is 2.59 bits per heavy atom. The Morgan fingerprint density at radius 2 is 1.94 bits per heavy atom. The zero-order chi connectivity index (χ0) is 12.1. The van der Waals surface area contributed by atoms with Crippen molar-refractivity contribution >= 4 is 23.0 Å². The van der Waals surface area contributed by atoms with E-state index >= 15 is 0 Å². The summed E-state index contributed by atoms with van der Waals surface area (Å²) in [6.07, 6.45) is 1.75. The highest BCUT2D eigenvalue weighted by atomic mass is 35.5. The van der Waals surface area contributed by atoms with Gasteiger partial charge in [0.1, 0.15) is 0 Å². The molecular formula is C13H12ClN3. The van der Waals surface area contributed by atoms with E-state index in [2.05, 4.69) is 15.5 Å². The second-order valence-corrected chi connectivity index (χ2v) is 3.97. The van der Waals surface area contributed by atoms with Crippen LogP contribution in [0.5, 0.6) is 0 Å². The number of halogens is 1. The molecule has 1 N–H and O–H groups in total. The number of hydrazone groups is 1. The van der Waals surface area contributed by atoms with E-state index in [9.17, 15) is 0 Å². The molecule has 3 nitrogen and oxygen atoms in total. The van der Waals surface area contributed by atoms with Crippen molar-refractivity contribution in [3.05, 3.63) is 59.4 Å². The average molecular weight is 246 g/mol. The van der Waals surface area contributed by atoms with Crippen LogP contribution in [0.3, 0.4) is 0 Å². The predicted octanol–water partition coefficient (Wildman–Crippen LogP) is 3.57. The lowest BCUT2D eigenvalue weighted by Crippen LogP contribution is -2.01. The average Bonchev–Trinajstić information content (AvgIpc) is 2.39. The zero-order valence-electron chi connectivity index (χ0n) is 9.39. The Labute approximate surface area is 105 Å². The first-order valence-electron chi connectivity index (χ1n) is 5.23. The standard InChI is InChI=1S/C13H12ClN3/c1-10(13-4-2-3-9-15-13)16-17-12-7-5-11(14)6-8-12/h2-9,17H,1H3/b16-10-. The molecule has 0 fully saturated rings. The number of hydrogen-bond donors (Lipinski definition) is 1. The molecule has 17 heavy (non-hydrogen) atoms. The van der Waals surface area contributed by atoms with Crippen LogP contribution in [0.1, 0.15) is 12.6 Å². The SMILES string of the molecule is C/C(=N/Nc1ccc(Cl)cc1)c1ccccn1. The number of aromatic nitrogens is 1. The predicted molar refractivity (Wildman–Crippen MR) is 71.5 cm³/mol. The van der Waals surface area contributed by atoms with Gasteiger partial charge in [0.25, 0.3) is 0 Å². The van der Waals surface area contributed by atoms with Gasteiger partial charge in [0.2, 0.25) is 0 Å². The lowest BCUT2D eigenvalue weighted by atomic mass is 10.3. The van der Waals surface area contributed by atoms with E-state index in [1.807, 2.05) is 49.4 Å². The van der Waals surface area contributed by atoms with E-state index in [1.54, 1.807) is 6.20 Å². The molecule has 0 saturated heterocycles. The Bertz CT molecular complexity index is 506. The number of nitrogens with one attached hydrogen (secondary N) is 1. The van der Waals surface area contributed by atoms with E-state index in [0.717, 1.165) is 17.1 Å². The number of nitrogens with zero attached hydrogens (tertiary/aromatic N) is 2. The maximum absolute atomic E-state index is 5.80. The molecule has 0 amide bonds. The summed E-state index contributed by atoms with van der Waals surface area (Å²) in [6, 6.07) is 13.1. The van der Waals surface area contributed by atoms with Gasteiger partial charge in [-0.3, -0.25) is 10.4 Å². The number of anilines is 1. The maximum atomic E-state index is 5.80. The third kappa shape index (κ3) is 3.29. The molecule has 0 aliphatic rings. The van der Waals surface area contributed by atoms with Crippen molar-refractivity contribution in [2.24, 2.45) is 5.10 Å². The van der Waals surface area contributed by atoms with Crippen molar-refractivity contribution in [2.75, 3.05) is 5.43 Å². The lowest BCUT2D eigenvalue weighted by Gasteiger charge is -2.02. The normalized spacial score (nSPS) is 11.3. The maximum Gasteiger partial charge on any atom is 0.0859 e. The number of benzene rings is 1. The van der Waals surface area contributed by atoms with E-state index in [4.69, 9.17) is 11.6 Å². The van der Waals surface area contributed by atoms with Gasteiger partial charge in [-0.1, -0.05) is 17.7 Å². The molecule has 1 aromatic heterocycles. The quantitative estimate of drug-likeness (QED) is 0.663. The summed E-state index contributed by atoms with van der Waals surface area (Å²) in [6.45, 7) is 1.91. The van der Waals surface area contributed by atoms with Crippen LogP contribution >= 0.6 is 11.6 Å². The summed E-state index contributed by atoms with van der Waals surface area (Å²) in [5.41, 5.74) is 5.54. The molecule has 0 atom stereocenters. The van der Waals surface area contributed by atoms with Gasteiger partial charge in [-0.2, -0.15) is 5.10 Å². The van der Waals surface area contributed by atoms with Crippen molar-refractivity contribution in [3.8, 4) is 0 Å². The molecule has 1 aromatic carbocycles. The molecule has 0 aliphatic heterocycles. The monoisotopic (exact) mass is 245 g/mol. The number of rotatable bonds is 3. The van der Waals surface area contributed by atoms with Crippen LogP contribution < -0.4 is 5.43 Å². The molecule has 1 heterocycles. The number of hydrogen-bond acceptors (Lipinski definition) is 3.